The van der Waals surface area contributed by atoms with Crippen LogP contribution in [0.3, 0.4) is 0 Å². The van der Waals surface area contributed by atoms with Gasteiger partial charge in [0, 0.05) is 15.3 Å². The Hall–Kier alpha value is -1.10. The van der Waals surface area contributed by atoms with Gasteiger partial charge in [-0.3, -0.25) is 4.98 Å². The second kappa shape index (κ2) is 4.61. The molecule has 0 N–H and O–H groups in total. The average Bonchev–Trinajstić information content (AvgIpc) is 2.30. The summed E-state index contributed by atoms with van der Waals surface area (Å²) in [6.07, 6.45) is 1.81. The quantitative estimate of drug-likeness (QED) is 0.794. The third kappa shape index (κ3) is 2.28. The minimum absolute atomic E-state index is 0.865. The zero-order chi connectivity index (χ0) is 10.7. The summed E-state index contributed by atoms with van der Waals surface area (Å²) in [4.78, 5) is 4.36. The smallest absolute Gasteiger partial charge is 0.118 e. The van der Waals surface area contributed by atoms with Crippen molar-refractivity contribution in [2.45, 2.75) is 0 Å². The lowest BCUT2D eigenvalue weighted by Gasteiger charge is -2.04. The number of hydrogen-bond acceptors (Lipinski definition) is 2. The Morgan fingerprint density at radius 1 is 1.13 bits per heavy atom. The van der Waals surface area contributed by atoms with Crippen LogP contribution >= 0.6 is 22.6 Å². The van der Waals surface area contributed by atoms with Gasteiger partial charge in [0.1, 0.15) is 5.75 Å². The summed E-state index contributed by atoms with van der Waals surface area (Å²) in [7, 11) is 1.67. The van der Waals surface area contributed by atoms with E-state index in [0.717, 1.165) is 20.6 Å². The van der Waals surface area contributed by atoms with Gasteiger partial charge in [-0.05, 0) is 59.0 Å². The van der Waals surface area contributed by atoms with E-state index in [1.807, 2.05) is 42.6 Å². The van der Waals surface area contributed by atoms with Gasteiger partial charge in [0.25, 0.3) is 0 Å². The SMILES string of the molecule is COc1ccc(-c2ncccc2I)cc1. The highest BCUT2D eigenvalue weighted by atomic mass is 127. The molecule has 0 atom stereocenters. The van der Waals surface area contributed by atoms with E-state index in [-0.39, 0.29) is 0 Å². The molecule has 0 bridgehead atoms. The number of methoxy groups -OCH3 is 1. The molecule has 1 aromatic heterocycles. The number of aromatic nitrogens is 1. The number of nitrogens with zero attached hydrogens (tertiary/aromatic N) is 1. The number of halogens is 1. The molecule has 2 rings (SSSR count). The van der Waals surface area contributed by atoms with Gasteiger partial charge in [0.15, 0.2) is 0 Å². The molecule has 76 valence electrons. The van der Waals surface area contributed by atoms with Gasteiger partial charge in [0.2, 0.25) is 0 Å². The minimum Gasteiger partial charge on any atom is -0.497 e. The standard InChI is InChI=1S/C12H10INO/c1-15-10-6-4-9(5-7-10)12-11(13)3-2-8-14-12/h2-8H,1H3. The molecule has 0 saturated heterocycles. The normalized spacial score (nSPS) is 10.0. The van der Waals surface area contributed by atoms with E-state index in [9.17, 15) is 0 Å². The van der Waals surface area contributed by atoms with Crippen LogP contribution in [0, 0.1) is 3.57 Å². The molecular weight excluding hydrogens is 301 g/mol. The predicted molar refractivity (Wildman–Crippen MR) is 68.9 cm³/mol. The molecular formula is C12H10INO. The summed E-state index contributed by atoms with van der Waals surface area (Å²) in [5.41, 5.74) is 2.13. The van der Waals surface area contributed by atoms with E-state index in [1.54, 1.807) is 7.11 Å². The van der Waals surface area contributed by atoms with Gasteiger partial charge < -0.3 is 4.74 Å². The first-order valence-electron chi connectivity index (χ1n) is 4.56. The molecule has 0 spiro atoms. The van der Waals surface area contributed by atoms with Crippen molar-refractivity contribution >= 4 is 22.6 Å². The van der Waals surface area contributed by atoms with Gasteiger partial charge in [-0.15, -0.1) is 0 Å². The maximum Gasteiger partial charge on any atom is 0.118 e. The van der Waals surface area contributed by atoms with Gasteiger partial charge in [-0.1, -0.05) is 0 Å². The number of ether oxygens (including phenoxy) is 1. The third-order valence-electron chi connectivity index (χ3n) is 2.12. The summed E-state index contributed by atoms with van der Waals surface area (Å²) in [5, 5.41) is 0. The topological polar surface area (TPSA) is 22.1 Å². The van der Waals surface area contributed by atoms with Crippen LogP contribution in [-0.4, -0.2) is 12.1 Å². The van der Waals surface area contributed by atoms with Crippen LogP contribution in [0.15, 0.2) is 42.6 Å². The average molecular weight is 311 g/mol. The van der Waals surface area contributed by atoms with Crippen LogP contribution in [0.5, 0.6) is 5.75 Å². The summed E-state index contributed by atoms with van der Waals surface area (Å²) in [6, 6.07) is 11.9. The number of pyridine rings is 1. The van der Waals surface area contributed by atoms with Crippen molar-refractivity contribution in [3.05, 3.63) is 46.2 Å². The Kier molecular flexibility index (Phi) is 3.20. The molecule has 15 heavy (non-hydrogen) atoms. The predicted octanol–water partition coefficient (Wildman–Crippen LogP) is 3.36. The fourth-order valence-corrected chi connectivity index (χ4v) is 2.01. The molecule has 3 heteroatoms. The molecule has 0 fully saturated rings. The molecule has 1 heterocycles. The minimum atomic E-state index is 0.865. The molecule has 0 radical (unpaired) electrons. The van der Waals surface area contributed by atoms with Crippen molar-refractivity contribution < 1.29 is 4.74 Å². The molecule has 0 saturated carbocycles. The van der Waals surface area contributed by atoms with Gasteiger partial charge in [-0.25, -0.2) is 0 Å². The highest BCUT2D eigenvalue weighted by Gasteiger charge is 2.03. The fraction of sp³-hybridized carbons (Fsp3) is 0.0833. The molecule has 0 amide bonds. The summed E-state index contributed by atoms with van der Waals surface area (Å²) in [6.45, 7) is 0. The Morgan fingerprint density at radius 3 is 2.47 bits per heavy atom. The number of benzene rings is 1. The van der Waals surface area contributed by atoms with E-state index in [1.165, 1.54) is 0 Å². The Bertz CT molecular complexity index is 453. The van der Waals surface area contributed by atoms with Gasteiger partial charge in [-0.2, -0.15) is 0 Å². The Morgan fingerprint density at radius 2 is 1.87 bits per heavy atom. The maximum atomic E-state index is 5.11. The van der Waals surface area contributed by atoms with Crippen molar-refractivity contribution in [1.82, 2.24) is 4.98 Å². The zero-order valence-corrected chi connectivity index (χ0v) is 10.4. The molecule has 0 aliphatic carbocycles. The van der Waals surface area contributed by atoms with E-state index in [4.69, 9.17) is 4.74 Å². The lowest BCUT2D eigenvalue weighted by molar-refractivity contribution is 0.415. The first kappa shape index (κ1) is 10.4. The van der Waals surface area contributed by atoms with Crippen LogP contribution < -0.4 is 4.74 Å². The Balaban J connectivity index is 2.42. The fourth-order valence-electron chi connectivity index (χ4n) is 1.35. The molecule has 2 nitrogen and oxygen atoms in total. The van der Waals surface area contributed by atoms with Crippen LogP contribution in [0.4, 0.5) is 0 Å². The van der Waals surface area contributed by atoms with Gasteiger partial charge in [0.05, 0.1) is 12.8 Å². The lowest BCUT2D eigenvalue weighted by atomic mass is 10.1. The number of hydrogen-bond donors (Lipinski definition) is 0. The summed E-state index contributed by atoms with van der Waals surface area (Å²) >= 11 is 2.29. The van der Waals surface area contributed by atoms with E-state index in [0.29, 0.717) is 0 Å². The molecule has 0 unspecified atom stereocenters. The highest BCUT2D eigenvalue weighted by Crippen LogP contribution is 2.24. The monoisotopic (exact) mass is 311 g/mol. The van der Waals surface area contributed by atoms with Crippen molar-refractivity contribution in [2.24, 2.45) is 0 Å². The van der Waals surface area contributed by atoms with Crippen LogP contribution in [0.25, 0.3) is 11.3 Å². The highest BCUT2D eigenvalue weighted by molar-refractivity contribution is 14.1. The first-order valence-corrected chi connectivity index (χ1v) is 5.64. The van der Waals surface area contributed by atoms with E-state index < -0.39 is 0 Å². The van der Waals surface area contributed by atoms with Crippen molar-refractivity contribution in [1.29, 1.82) is 0 Å². The second-order valence-corrected chi connectivity index (χ2v) is 4.22. The van der Waals surface area contributed by atoms with Crippen LogP contribution in [-0.2, 0) is 0 Å². The van der Waals surface area contributed by atoms with E-state index >= 15 is 0 Å². The maximum absolute atomic E-state index is 5.11. The lowest BCUT2D eigenvalue weighted by Crippen LogP contribution is -1.87. The Labute approximate surface area is 102 Å². The first-order chi connectivity index (χ1) is 7.31. The molecule has 2 aromatic rings. The van der Waals surface area contributed by atoms with Crippen LogP contribution in [0.1, 0.15) is 0 Å². The summed E-state index contributed by atoms with van der Waals surface area (Å²) < 4.78 is 6.27. The molecule has 0 aliphatic heterocycles. The third-order valence-corrected chi connectivity index (χ3v) is 2.99. The largest absolute Gasteiger partial charge is 0.497 e. The van der Waals surface area contributed by atoms with Crippen molar-refractivity contribution in [2.75, 3.05) is 7.11 Å². The summed E-state index contributed by atoms with van der Waals surface area (Å²) in [5.74, 6) is 0.865. The van der Waals surface area contributed by atoms with Crippen molar-refractivity contribution in [3.8, 4) is 17.0 Å². The van der Waals surface area contributed by atoms with Crippen molar-refractivity contribution in [3.63, 3.8) is 0 Å². The van der Waals surface area contributed by atoms with E-state index in [2.05, 4.69) is 27.6 Å². The van der Waals surface area contributed by atoms with Gasteiger partial charge >= 0.3 is 0 Å². The second-order valence-electron chi connectivity index (χ2n) is 3.06. The zero-order valence-electron chi connectivity index (χ0n) is 8.27. The molecule has 1 aromatic carbocycles. The molecule has 0 aliphatic rings. The van der Waals surface area contributed by atoms with Crippen LogP contribution in [0.2, 0.25) is 0 Å². The number of rotatable bonds is 2.